The van der Waals surface area contributed by atoms with Gasteiger partial charge in [0.15, 0.2) is 11.5 Å². The van der Waals surface area contributed by atoms with Gasteiger partial charge in [0.2, 0.25) is 5.91 Å². The molecule has 0 aliphatic carbocycles. The van der Waals surface area contributed by atoms with Crippen LogP contribution in [-0.4, -0.2) is 41.0 Å². The van der Waals surface area contributed by atoms with E-state index in [-0.39, 0.29) is 12.3 Å². The molecule has 5 heterocycles. The summed E-state index contributed by atoms with van der Waals surface area (Å²) in [7, 11) is 0. The molecule has 1 amide bonds. The van der Waals surface area contributed by atoms with Crippen molar-refractivity contribution < 1.29 is 4.79 Å². The number of amides is 1. The summed E-state index contributed by atoms with van der Waals surface area (Å²) in [6.07, 6.45) is 9.01. The first-order valence-electron chi connectivity index (χ1n) is 12.7. The highest BCUT2D eigenvalue weighted by molar-refractivity contribution is 5.97. The lowest BCUT2D eigenvalue weighted by atomic mass is 10.1. The third kappa shape index (κ3) is 4.45. The fourth-order valence-corrected chi connectivity index (χ4v) is 4.79. The van der Waals surface area contributed by atoms with Crippen molar-refractivity contribution in [2.24, 2.45) is 0 Å². The standard InChI is InChI=1S/C31H22N8O/c40-27(12-19-6-2-1-3-7-19)35-23-13-21(16-33-18-23)22-14-25-29(38-39-30(25)34-17-22)31-36-26-10-4-9-24(28(26)37-31)20-8-5-11-32-15-20/h1-11,13-18H,12H2,(H,35,40)(H,36,37)(H,34,38,39). The zero-order valence-corrected chi connectivity index (χ0v) is 21.2. The smallest absolute Gasteiger partial charge is 0.228 e. The number of imidazole rings is 1. The van der Waals surface area contributed by atoms with Crippen molar-refractivity contribution in [3.05, 3.63) is 109 Å². The van der Waals surface area contributed by atoms with E-state index in [0.29, 0.717) is 22.9 Å². The van der Waals surface area contributed by atoms with E-state index < -0.39 is 0 Å². The van der Waals surface area contributed by atoms with Crippen LogP contribution in [0.3, 0.4) is 0 Å². The lowest BCUT2D eigenvalue weighted by Gasteiger charge is -2.07. The highest BCUT2D eigenvalue weighted by atomic mass is 16.1. The van der Waals surface area contributed by atoms with Gasteiger partial charge in [-0.1, -0.05) is 48.5 Å². The largest absolute Gasteiger partial charge is 0.337 e. The number of para-hydroxylation sites is 1. The molecule has 0 saturated carbocycles. The van der Waals surface area contributed by atoms with E-state index in [1.54, 1.807) is 24.8 Å². The Hall–Kier alpha value is -5.70. The second kappa shape index (κ2) is 9.88. The first-order chi connectivity index (χ1) is 19.7. The summed E-state index contributed by atoms with van der Waals surface area (Å²) in [6.45, 7) is 0. The number of fused-ring (bicyclic) bond motifs is 2. The molecule has 7 rings (SSSR count). The maximum Gasteiger partial charge on any atom is 0.228 e. The minimum atomic E-state index is -0.105. The molecule has 0 unspecified atom stereocenters. The van der Waals surface area contributed by atoms with Gasteiger partial charge in [-0.3, -0.25) is 19.9 Å². The second-order valence-corrected chi connectivity index (χ2v) is 9.39. The van der Waals surface area contributed by atoms with E-state index in [1.807, 2.05) is 79.0 Å². The van der Waals surface area contributed by atoms with Crippen LogP contribution < -0.4 is 5.32 Å². The Bertz CT molecular complexity index is 1980. The molecule has 0 aliphatic rings. The minimum Gasteiger partial charge on any atom is -0.337 e. The third-order valence-corrected chi connectivity index (χ3v) is 6.69. The molecule has 9 nitrogen and oxygen atoms in total. The molecule has 0 aliphatic heterocycles. The van der Waals surface area contributed by atoms with Gasteiger partial charge >= 0.3 is 0 Å². The molecule has 192 valence electrons. The van der Waals surface area contributed by atoms with Gasteiger partial charge in [-0.15, -0.1) is 0 Å². The van der Waals surface area contributed by atoms with Crippen LogP contribution in [0.15, 0.2) is 104 Å². The van der Waals surface area contributed by atoms with Crippen molar-refractivity contribution in [1.29, 1.82) is 0 Å². The molecule has 40 heavy (non-hydrogen) atoms. The number of anilines is 1. The number of hydrogen-bond acceptors (Lipinski definition) is 6. The molecule has 2 aromatic carbocycles. The topological polar surface area (TPSA) is 125 Å². The molecule has 9 heteroatoms. The van der Waals surface area contributed by atoms with Gasteiger partial charge in [0, 0.05) is 47.0 Å². The normalized spacial score (nSPS) is 11.2. The Morgan fingerprint density at radius 3 is 2.58 bits per heavy atom. The van der Waals surface area contributed by atoms with Crippen LogP contribution in [-0.2, 0) is 11.2 Å². The number of carbonyl (C=O) groups excluding carboxylic acids is 1. The number of nitrogens with one attached hydrogen (secondary N) is 3. The molecular formula is C31H22N8O. The Labute approximate surface area is 228 Å². The van der Waals surface area contributed by atoms with Crippen molar-refractivity contribution in [2.75, 3.05) is 5.32 Å². The van der Waals surface area contributed by atoms with Crippen molar-refractivity contribution in [3.8, 4) is 33.8 Å². The van der Waals surface area contributed by atoms with Crippen LogP contribution >= 0.6 is 0 Å². The number of aromatic amines is 2. The summed E-state index contributed by atoms with van der Waals surface area (Å²) in [5, 5.41) is 11.3. The highest BCUT2D eigenvalue weighted by Crippen LogP contribution is 2.32. The summed E-state index contributed by atoms with van der Waals surface area (Å²) in [4.78, 5) is 34.1. The summed E-state index contributed by atoms with van der Waals surface area (Å²) in [6, 6.07) is 23.5. The predicted octanol–water partition coefficient (Wildman–Crippen LogP) is 5.81. The summed E-state index contributed by atoms with van der Waals surface area (Å²) in [5.74, 6) is 0.531. The summed E-state index contributed by atoms with van der Waals surface area (Å²) in [5.41, 5.74) is 8.26. The van der Waals surface area contributed by atoms with Crippen LogP contribution in [0.25, 0.3) is 55.8 Å². The van der Waals surface area contributed by atoms with E-state index in [0.717, 1.165) is 44.2 Å². The molecule has 7 aromatic rings. The number of rotatable bonds is 6. The molecule has 3 N–H and O–H groups in total. The molecule has 0 atom stereocenters. The van der Waals surface area contributed by atoms with E-state index in [9.17, 15) is 4.79 Å². The van der Waals surface area contributed by atoms with Gasteiger partial charge in [-0.2, -0.15) is 5.10 Å². The van der Waals surface area contributed by atoms with Crippen molar-refractivity contribution in [3.63, 3.8) is 0 Å². The quantitative estimate of drug-likeness (QED) is 0.253. The number of H-pyrrole nitrogens is 2. The maximum absolute atomic E-state index is 12.6. The van der Waals surface area contributed by atoms with Crippen molar-refractivity contribution in [1.82, 2.24) is 35.1 Å². The number of pyridine rings is 3. The Kier molecular flexibility index (Phi) is 5.78. The Balaban J connectivity index is 1.21. The lowest BCUT2D eigenvalue weighted by molar-refractivity contribution is -0.115. The van der Waals surface area contributed by atoms with Crippen LogP contribution in [0, 0.1) is 0 Å². The third-order valence-electron chi connectivity index (χ3n) is 6.69. The monoisotopic (exact) mass is 522 g/mol. The Morgan fingerprint density at radius 2 is 1.70 bits per heavy atom. The van der Waals surface area contributed by atoms with Gasteiger partial charge in [-0.25, -0.2) is 9.97 Å². The zero-order valence-electron chi connectivity index (χ0n) is 21.2. The first kappa shape index (κ1) is 23.4. The average molecular weight is 523 g/mol. The molecule has 0 spiro atoms. The SMILES string of the molecule is O=C(Cc1ccccc1)Nc1cncc(-c2cnc3[nH]nc(-c4nc5c(-c6cccnc6)cccc5[nH]4)c3c2)c1. The maximum atomic E-state index is 12.6. The van der Waals surface area contributed by atoms with Gasteiger partial charge in [0.05, 0.1) is 34.7 Å². The Morgan fingerprint density at radius 1 is 0.825 bits per heavy atom. The summed E-state index contributed by atoms with van der Waals surface area (Å²) < 4.78 is 0. The lowest BCUT2D eigenvalue weighted by Crippen LogP contribution is -2.14. The second-order valence-electron chi connectivity index (χ2n) is 9.39. The van der Waals surface area contributed by atoms with Crippen LogP contribution in [0.1, 0.15) is 5.56 Å². The molecule has 0 saturated heterocycles. The van der Waals surface area contributed by atoms with E-state index in [4.69, 9.17) is 4.98 Å². The van der Waals surface area contributed by atoms with Crippen LogP contribution in [0.2, 0.25) is 0 Å². The van der Waals surface area contributed by atoms with Crippen LogP contribution in [0.4, 0.5) is 5.69 Å². The number of carbonyl (C=O) groups is 1. The fourth-order valence-electron chi connectivity index (χ4n) is 4.79. The van der Waals surface area contributed by atoms with E-state index in [2.05, 4.69) is 35.5 Å². The summed E-state index contributed by atoms with van der Waals surface area (Å²) >= 11 is 0. The molecule has 0 fully saturated rings. The van der Waals surface area contributed by atoms with Crippen molar-refractivity contribution >= 4 is 33.7 Å². The number of benzene rings is 2. The number of hydrogen-bond donors (Lipinski definition) is 3. The molecular weight excluding hydrogens is 500 g/mol. The first-order valence-corrected chi connectivity index (χ1v) is 12.7. The molecule has 0 bridgehead atoms. The molecule has 0 radical (unpaired) electrons. The van der Waals surface area contributed by atoms with Crippen molar-refractivity contribution in [2.45, 2.75) is 6.42 Å². The van der Waals surface area contributed by atoms with E-state index >= 15 is 0 Å². The number of aromatic nitrogens is 7. The zero-order chi connectivity index (χ0) is 26.9. The number of nitrogens with zero attached hydrogens (tertiary/aromatic N) is 5. The van der Waals surface area contributed by atoms with Gasteiger partial charge in [0.25, 0.3) is 0 Å². The van der Waals surface area contributed by atoms with Crippen LogP contribution in [0.5, 0.6) is 0 Å². The average Bonchev–Trinajstić information content (AvgIpc) is 3.62. The van der Waals surface area contributed by atoms with Gasteiger partial charge in [0.1, 0.15) is 5.69 Å². The van der Waals surface area contributed by atoms with Gasteiger partial charge < -0.3 is 10.3 Å². The minimum absolute atomic E-state index is 0.105. The highest BCUT2D eigenvalue weighted by Gasteiger charge is 2.17. The molecule has 5 aromatic heterocycles. The fraction of sp³-hybridized carbons (Fsp3) is 0.0323. The van der Waals surface area contributed by atoms with E-state index in [1.165, 1.54) is 0 Å². The predicted molar refractivity (Wildman–Crippen MR) is 154 cm³/mol. The van der Waals surface area contributed by atoms with Gasteiger partial charge in [-0.05, 0) is 29.8 Å².